The lowest BCUT2D eigenvalue weighted by Gasteiger charge is -2.42. The van der Waals surface area contributed by atoms with Crippen LogP contribution in [0.5, 0.6) is 34.5 Å². The number of ether oxygens (including phenoxy) is 3. The monoisotopic (exact) mass is 482 g/mol. The molecule has 2 heterocycles. The van der Waals surface area contributed by atoms with Crippen LogP contribution in [-0.2, 0) is 20.7 Å². The summed E-state index contributed by atoms with van der Waals surface area (Å²) in [6, 6.07) is 4.36. The second-order valence-corrected chi connectivity index (χ2v) is 8.00. The van der Waals surface area contributed by atoms with E-state index in [9.17, 15) is 50.8 Å². The van der Waals surface area contributed by atoms with E-state index >= 15 is 0 Å². The van der Waals surface area contributed by atoms with Crippen molar-refractivity contribution in [3.05, 3.63) is 35.4 Å². The molecule has 4 rings (SSSR count). The minimum absolute atomic E-state index is 0.0263. The van der Waals surface area contributed by atoms with Gasteiger partial charge in [-0.3, -0.25) is 0 Å². The number of aliphatic carboxylic acids is 1. The molecule has 7 unspecified atom stereocenters. The first-order valence-electron chi connectivity index (χ1n) is 10.0. The number of hydrogen-bond acceptors (Lipinski definition) is 12. The summed E-state index contributed by atoms with van der Waals surface area (Å²) < 4.78 is 16.7. The minimum Gasteiger partial charge on any atom is -0.508 e. The van der Waals surface area contributed by atoms with Crippen molar-refractivity contribution in [1.29, 1.82) is 0 Å². The predicted molar refractivity (Wildman–Crippen MR) is 107 cm³/mol. The van der Waals surface area contributed by atoms with Crippen LogP contribution >= 0.6 is 0 Å². The van der Waals surface area contributed by atoms with Gasteiger partial charge < -0.3 is 60.2 Å². The van der Waals surface area contributed by atoms with Crippen molar-refractivity contribution >= 4 is 5.97 Å². The molecule has 2 aliphatic heterocycles. The summed E-state index contributed by atoms with van der Waals surface area (Å²) in [6.45, 7) is 0. The quantitative estimate of drug-likeness (QED) is 0.243. The number of phenols is 5. The van der Waals surface area contributed by atoms with Gasteiger partial charge in [0, 0.05) is 29.7 Å². The molecule has 0 amide bonds. The van der Waals surface area contributed by atoms with E-state index in [1.165, 1.54) is 6.07 Å². The maximum absolute atomic E-state index is 11.4. The van der Waals surface area contributed by atoms with Gasteiger partial charge in [0.2, 0.25) is 0 Å². The van der Waals surface area contributed by atoms with E-state index in [1.54, 1.807) is 0 Å². The zero-order valence-electron chi connectivity index (χ0n) is 17.2. The average Bonchev–Trinajstić information content (AvgIpc) is 2.77. The van der Waals surface area contributed by atoms with Gasteiger partial charge in [-0.1, -0.05) is 0 Å². The number of aromatic hydroxyl groups is 5. The first kappa shape index (κ1) is 23.7. The number of carboxylic acids is 1. The van der Waals surface area contributed by atoms with Crippen molar-refractivity contribution in [2.45, 2.75) is 49.3 Å². The summed E-state index contributed by atoms with van der Waals surface area (Å²) in [4.78, 5) is 11.4. The highest BCUT2D eigenvalue weighted by Gasteiger charge is 2.49. The Labute approximate surface area is 190 Å². The van der Waals surface area contributed by atoms with Crippen LogP contribution in [0.3, 0.4) is 0 Å². The molecule has 34 heavy (non-hydrogen) atoms. The van der Waals surface area contributed by atoms with Gasteiger partial charge in [0.1, 0.15) is 41.7 Å². The molecule has 1 saturated heterocycles. The van der Waals surface area contributed by atoms with Crippen molar-refractivity contribution in [2.24, 2.45) is 0 Å². The maximum Gasteiger partial charge on any atom is 0.335 e. The van der Waals surface area contributed by atoms with E-state index in [2.05, 4.69) is 0 Å². The van der Waals surface area contributed by atoms with Gasteiger partial charge in [0.15, 0.2) is 35.7 Å². The van der Waals surface area contributed by atoms with Gasteiger partial charge in [-0.2, -0.15) is 0 Å². The first-order valence-corrected chi connectivity index (χ1v) is 10.0. The highest BCUT2D eigenvalue weighted by Crippen LogP contribution is 2.46. The summed E-state index contributed by atoms with van der Waals surface area (Å²) in [6.07, 6.45) is -12.0. The van der Waals surface area contributed by atoms with Crippen molar-refractivity contribution < 1.29 is 65.0 Å². The van der Waals surface area contributed by atoms with Crippen LogP contribution < -0.4 is 4.74 Å². The first-order chi connectivity index (χ1) is 16.0. The summed E-state index contributed by atoms with van der Waals surface area (Å²) in [5.41, 5.74) is 0.235. The standard InChI is InChI=1S/C21H22O13/c22-7-3-9(23)8-5-13(33-21-17(29)15(27)16(28)19(34-21)20(30)31)18(32-12(8)4-7)6-1-10(24)14(26)11(25)2-6/h1-4,13,15-19,21-29H,5H2,(H,30,31). The van der Waals surface area contributed by atoms with Crippen LogP contribution in [0.25, 0.3) is 0 Å². The highest BCUT2D eigenvalue weighted by atomic mass is 16.7. The summed E-state index contributed by atoms with van der Waals surface area (Å²) in [5.74, 6) is -4.45. The fraction of sp³-hybridized carbons (Fsp3) is 0.381. The van der Waals surface area contributed by atoms with Gasteiger partial charge in [-0.05, 0) is 12.1 Å². The number of rotatable bonds is 4. The topological polar surface area (TPSA) is 227 Å². The molecule has 13 nitrogen and oxygen atoms in total. The lowest BCUT2D eigenvalue weighted by molar-refractivity contribution is -0.310. The van der Waals surface area contributed by atoms with E-state index in [1.807, 2.05) is 0 Å². The number of carbonyl (C=O) groups is 1. The van der Waals surface area contributed by atoms with Crippen LogP contribution in [0, 0.1) is 0 Å². The molecule has 9 N–H and O–H groups in total. The van der Waals surface area contributed by atoms with E-state index in [0.29, 0.717) is 0 Å². The van der Waals surface area contributed by atoms with Gasteiger partial charge >= 0.3 is 5.97 Å². The minimum atomic E-state index is -1.94. The second-order valence-electron chi connectivity index (χ2n) is 8.00. The van der Waals surface area contributed by atoms with Crippen molar-refractivity contribution in [3.63, 3.8) is 0 Å². The predicted octanol–water partition coefficient (Wildman–Crippen LogP) is -0.832. The number of carboxylic acid groups (broad SMARTS) is 1. The second kappa shape index (κ2) is 8.70. The Hall–Kier alpha value is -3.49. The molecule has 0 spiro atoms. The molecule has 184 valence electrons. The third kappa shape index (κ3) is 4.10. The van der Waals surface area contributed by atoms with Crippen LogP contribution in [0.2, 0.25) is 0 Å². The molecule has 2 aromatic carbocycles. The van der Waals surface area contributed by atoms with Gasteiger partial charge in [0.25, 0.3) is 0 Å². The number of aliphatic hydroxyl groups is 3. The Morgan fingerprint density at radius 2 is 1.53 bits per heavy atom. The number of benzene rings is 2. The van der Waals surface area contributed by atoms with E-state index in [-0.39, 0.29) is 34.8 Å². The molecule has 2 aliphatic rings. The largest absolute Gasteiger partial charge is 0.508 e. The molecule has 2 aromatic rings. The Morgan fingerprint density at radius 3 is 2.15 bits per heavy atom. The number of hydrogen-bond donors (Lipinski definition) is 9. The average molecular weight is 482 g/mol. The van der Waals surface area contributed by atoms with Crippen molar-refractivity contribution in [2.75, 3.05) is 0 Å². The van der Waals surface area contributed by atoms with Crippen LogP contribution in [-0.4, -0.2) is 88.7 Å². The normalized spacial score (nSPS) is 30.9. The van der Waals surface area contributed by atoms with Crippen LogP contribution in [0.15, 0.2) is 24.3 Å². The molecule has 7 atom stereocenters. The fourth-order valence-corrected chi connectivity index (χ4v) is 3.98. The third-order valence-electron chi connectivity index (χ3n) is 5.71. The smallest absolute Gasteiger partial charge is 0.335 e. The molecule has 0 radical (unpaired) electrons. The molecule has 1 fully saturated rings. The van der Waals surface area contributed by atoms with Crippen molar-refractivity contribution in [1.82, 2.24) is 0 Å². The van der Waals surface area contributed by atoms with E-state index < -0.39 is 66.1 Å². The lowest BCUT2D eigenvalue weighted by Crippen LogP contribution is -2.61. The molecule has 0 saturated carbocycles. The number of phenolic OH excluding ortho intramolecular Hbond substituents is 5. The summed E-state index contributed by atoms with van der Waals surface area (Å²) in [5, 5.41) is 89.1. The maximum atomic E-state index is 11.4. The van der Waals surface area contributed by atoms with Gasteiger partial charge in [0.05, 0.1) is 0 Å². The van der Waals surface area contributed by atoms with Crippen LogP contribution in [0.1, 0.15) is 17.2 Å². The summed E-state index contributed by atoms with van der Waals surface area (Å²) >= 11 is 0. The molecular formula is C21H22O13. The Bertz CT molecular complexity index is 1080. The van der Waals surface area contributed by atoms with E-state index in [0.717, 1.165) is 18.2 Å². The molecule has 0 bridgehead atoms. The van der Waals surface area contributed by atoms with Crippen molar-refractivity contribution in [3.8, 4) is 34.5 Å². The highest BCUT2D eigenvalue weighted by molar-refractivity contribution is 5.73. The Balaban J connectivity index is 1.72. The summed E-state index contributed by atoms with van der Waals surface area (Å²) in [7, 11) is 0. The Morgan fingerprint density at radius 1 is 0.882 bits per heavy atom. The van der Waals surface area contributed by atoms with Crippen LogP contribution in [0.4, 0.5) is 0 Å². The fourth-order valence-electron chi connectivity index (χ4n) is 3.98. The molecule has 13 heteroatoms. The Kier molecular flexibility index (Phi) is 6.05. The SMILES string of the molecule is O=C(O)C1OC(OC2Cc3c(O)cc(O)cc3OC2c2cc(O)c(O)c(O)c2)C(O)C(O)C1O. The zero-order valence-corrected chi connectivity index (χ0v) is 17.2. The molecule has 0 aliphatic carbocycles. The molecular weight excluding hydrogens is 460 g/mol. The van der Waals surface area contributed by atoms with Gasteiger partial charge in [-0.15, -0.1) is 0 Å². The number of aliphatic hydroxyl groups excluding tert-OH is 3. The molecule has 0 aromatic heterocycles. The van der Waals surface area contributed by atoms with E-state index in [4.69, 9.17) is 14.2 Å². The lowest BCUT2D eigenvalue weighted by atomic mass is 9.93. The zero-order chi connectivity index (χ0) is 24.9. The number of fused-ring (bicyclic) bond motifs is 1. The van der Waals surface area contributed by atoms with Gasteiger partial charge in [-0.25, -0.2) is 4.79 Å². The third-order valence-corrected chi connectivity index (χ3v) is 5.71.